The Bertz CT molecular complexity index is 869. The summed E-state index contributed by atoms with van der Waals surface area (Å²) >= 11 is 24.0. The van der Waals surface area contributed by atoms with E-state index in [1.165, 1.54) is 17.0 Å². The zero-order valence-corrected chi connectivity index (χ0v) is 15.7. The van der Waals surface area contributed by atoms with E-state index in [0.29, 0.717) is 39.5 Å². The van der Waals surface area contributed by atoms with Crippen LogP contribution >= 0.6 is 46.4 Å². The van der Waals surface area contributed by atoms with Crippen LogP contribution in [0.25, 0.3) is 0 Å². The van der Waals surface area contributed by atoms with Crippen LogP contribution in [0.3, 0.4) is 0 Å². The number of Topliss-reactive ketones (excluding diaryl/α,β-unsaturated/α-hetero) is 1. The zero-order valence-electron chi connectivity index (χ0n) is 12.7. The van der Waals surface area contributed by atoms with Gasteiger partial charge in [-0.15, -0.1) is 0 Å². The molecule has 1 aliphatic heterocycles. The minimum absolute atomic E-state index is 0.223. The Hall–Kier alpha value is -1.46. The third-order valence-corrected chi connectivity index (χ3v) is 4.71. The third kappa shape index (κ3) is 3.72. The lowest BCUT2D eigenvalue weighted by atomic mass is 10.1. The number of benzene rings is 2. The first-order valence-corrected chi connectivity index (χ1v) is 8.83. The molecule has 0 fully saturated rings. The molecule has 8 heteroatoms. The molecule has 0 atom stereocenters. The standard InChI is InChI=1S/C17H11Cl4NO3/c18-9-2-3-12(20)14(8-9)25-5-1-4-22-15-11(16(23)17(22)24)6-10(19)7-13(15)21/h2-3,6-8H,1,4-5H2. The van der Waals surface area contributed by atoms with Crippen LogP contribution in [0.4, 0.5) is 5.69 Å². The SMILES string of the molecule is O=C1C(=O)N(CCCOc2cc(Cl)ccc2Cl)c2c(Cl)cc(Cl)cc21. The van der Waals surface area contributed by atoms with Crippen molar-refractivity contribution in [3.8, 4) is 5.75 Å². The maximum atomic E-state index is 12.2. The van der Waals surface area contributed by atoms with Crippen molar-refractivity contribution in [2.45, 2.75) is 6.42 Å². The van der Waals surface area contributed by atoms with Crippen LogP contribution < -0.4 is 9.64 Å². The van der Waals surface area contributed by atoms with E-state index < -0.39 is 11.7 Å². The van der Waals surface area contributed by atoms with Gasteiger partial charge in [0.15, 0.2) is 0 Å². The van der Waals surface area contributed by atoms with E-state index >= 15 is 0 Å². The van der Waals surface area contributed by atoms with Gasteiger partial charge in [0.2, 0.25) is 0 Å². The number of carbonyl (C=O) groups excluding carboxylic acids is 2. The molecule has 0 N–H and O–H groups in total. The van der Waals surface area contributed by atoms with Crippen LogP contribution in [0.2, 0.25) is 20.1 Å². The van der Waals surface area contributed by atoms with Crippen LogP contribution in [0.5, 0.6) is 5.75 Å². The van der Waals surface area contributed by atoms with Crippen molar-refractivity contribution in [3.05, 3.63) is 56.0 Å². The molecule has 1 heterocycles. The molecule has 0 aromatic heterocycles. The predicted octanol–water partition coefficient (Wildman–Crippen LogP) is 5.30. The van der Waals surface area contributed by atoms with Gasteiger partial charge in [-0.05, 0) is 30.7 Å². The minimum Gasteiger partial charge on any atom is -0.492 e. The first-order valence-electron chi connectivity index (χ1n) is 7.31. The molecule has 0 saturated heterocycles. The second kappa shape index (κ2) is 7.42. The molecule has 2 aromatic rings. The summed E-state index contributed by atoms with van der Waals surface area (Å²) in [6, 6.07) is 7.87. The normalized spacial score (nSPS) is 13.4. The average Bonchev–Trinajstić information content (AvgIpc) is 2.79. The van der Waals surface area contributed by atoms with Gasteiger partial charge in [0.05, 0.1) is 27.9 Å². The molecule has 3 rings (SSSR count). The molecule has 0 aliphatic carbocycles. The van der Waals surface area contributed by atoms with E-state index in [9.17, 15) is 9.59 Å². The third-order valence-electron chi connectivity index (χ3n) is 3.66. The number of ether oxygens (including phenoxy) is 1. The first-order chi connectivity index (χ1) is 11.9. The predicted molar refractivity (Wildman–Crippen MR) is 99.7 cm³/mol. The topological polar surface area (TPSA) is 46.6 Å². The Kier molecular flexibility index (Phi) is 5.44. The highest BCUT2D eigenvalue weighted by molar-refractivity contribution is 6.54. The van der Waals surface area contributed by atoms with Crippen LogP contribution in [-0.2, 0) is 4.79 Å². The quantitative estimate of drug-likeness (QED) is 0.489. The molecule has 25 heavy (non-hydrogen) atoms. The summed E-state index contributed by atoms with van der Waals surface area (Å²) in [7, 11) is 0. The van der Waals surface area contributed by atoms with Gasteiger partial charge < -0.3 is 9.64 Å². The van der Waals surface area contributed by atoms with Crippen molar-refractivity contribution >= 4 is 63.8 Å². The summed E-state index contributed by atoms with van der Waals surface area (Å²) in [5.74, 6) is -0.777. The van der Waals surface area contributed by atoms with Crippen molar-refractivity contribution in [1.29, 1.82) is 0 Å². The van der Waals surface area contributed by atoms with Crippen LogP contribution in [0.1, 0.15) is 16.8 Å². The highest BCUT2D eigenvalue weighted by atomic mass is 35.5. The number of hydrogen-bond acceptors (Lipinski definition) is 3. The van der Waals surface area contributed by atoms with Gasteiger partial charge in [-0.3, -0.25) is 9.59 Å². The monoisotopic (exact) mass is 417 g/mol. The molecule has 130 valence electrons. The van der Waals surface area contributed by atoms with E-state index in [1.54, 1.807) is 18.2 Å². The van der Waals surface area contributed by atoms with E-state index in [4.69, 9.17) is 51.1 Å². The number of rotatable bonds is 5. The summed E-state index contributed by atoms with van der Waals surface area (Å²) in [5.41, 5.74) is 0.614. The van der Waals surface area contributed by atoms with Gasteiger partial charge in [0, 0.05) is 22.7 Å². The Morgan fingerprint density at radius 1 is 0.920 bits per heavy atom. The highest BCUT2D eigenvalue weighted by Gasteiger charge is 2.37. The van der Waals surface area contributed by atoms with Crippen molar-refractivity contribution in [3.63, 3.8) is 0 Å². The molecule has 4 nitrogen and oxygen atoms in total. The fourth-order valence-electron chi connectivity index (χ4n) is 2.56. The number of fused-ring (bicyclic) bond motifs is 1. The van der Waals surface area contributed by atoms with Gasteiger partial charge in [0.25, 0.3) is 11.7 Å². The van der Waals surface area contributed by atoms with Crippen LogP contribution in [-0.4, -0.2) is 24.8 Å². The second-order valence-electron chi connectivity index (χ2n) is 5.35. The molecule has 2 aromatic carbocycles. The van der Waals surface area contributed by atoms with E-state index in [-0.39, 0.29) is 17.1 Å². The summed E-state index contributed by atoms with van der Waals surface area (Å²) in [6.07, 6.45) is 0.472. The number of hydrogen-bond donors (Lipinski definition) is 0. The van der Waals surface area contributed by atoms with E-state index in [2.05, 4.69) is 0 Å². The number of amides is 1. The smallest absolute Gasteiger partial charge is 0.299 e. The Balaban J connectivity index is 1.67. The molecule has 0 spiro atoms. The lowest BCUT2D eigenvalue weighted by Crippen LogP contribution is -2.31. The maximum absolute atomic E-state index is 12.2. The van der Waals surface area contributed by atoms with E-state index in [1.807, 2.05) is 0 Å². The molecule has 1 aliphatic rings. The van der Waals surface area contributed by atoms with Crippen LogP contribution in [0, 0.1) is 0 Å². The van der Waals surface area contributed by atoms with Crippen molar-refractivity contribution in [2.75, 3.05) is 18.1 Å². The van der Waals surface area contributed by atoms with Crippen molar-refractivity contribution in [2.24, 2.45) is 0 Å². The highest BCUT2D eigenvalue weighted by Crippen LogP contribution is 2.38. The van der Waals surface area contributed by atoms with Crippen molar-refractivity contribution in [1.82, 2.24) is 0 Å². The lowest BCUT2D eigenvalue weighted by Gasteiger charge is -2.18. The number of halogens is 4. The summed E-state index contributed by atoms with van der Waals surface area (Å²) in [5, 5.41) is 1.53. The lowest BCUT2D eigenvalue weighted by molar-refractivity contribution is -0.114. The molecule has 0 unspecified atom stereocenters. The fourth-order valence-corrected chi connectivity index (χ4v) is 3.49. The fraction of sp³-hybridized carbons (Fsp3) is 0.176. The van der Waals surface area contributed by atoms with Gasteiger partial charge in [-0.1, -0.05) is 46.4 Å². The average molecular weight is 419 g/mol. The second-order valence-corrected chi connectivity index (χ2v) is 7.03. The largest absolute Gasteiger partial charge is 0.492 e. The minimum atomic E-state index is -0.625. The van der Waals surface area contributed by atoms with Gasteiger partial charge in [-0.2, -0.15) is 0 Å². The number of anilines is 1. The van der Waals surface area contributed by atoms with E-state index in [0.717, 1.165) is 0 Å². The summed E-state index contributed by atoms with van der Waals surface area (Å²) < 4.78 is 5.58. The van der Waals surface area contributed by atoms with Crippen molar-refractivity contribution < 1.29 is 14.3 Å². The number of carbonyl (C=O) groups is 2. The summed E-state index contributed by atoms with van der Waals surface area (Å²) in [6.45, 7) is 0.565. The summed E-state index contributed by atoms with van der Waals surface area (Å²) in [4.78, 5) is 25.6. The maximum Gasteiger partial charge on any atom is 0.299 e. The number of ketones is 1. The molecule has 0 bridgehead atoms. The molecule has 0 radical (unpaired) electrons. The molecular weight excluding hydrogens is 408 g/mol. The van der Waals surface area contributed by atoms with Gasteiger partial charge in [0.1, 0.15) is 5.75 Å². The molecule has 1 amide bonds. The Morgan fingerprint density at radius 2 is 1.68 bits per heavy atom. The molecular formula is C17H11Cl4NO3. The zero-order chi connectivity index (χ0) is 18.1. The number of nitrogens with zero attached hydrogens (tertiary/aromatic N) is 1. The van der Waals surface area contributed by atoms with Gasteiger partial charge in [-0.25, -0.2) is 0 Å². The Morgan fingerprint density at radius 3 is 2.44 bits per heavy atom. The van der Waals surface area contributed by atoms with Crippen LogP contribution in [0.15, 0.2) is 30.3 Å². The molecule has 0 saturated carbocycles. The Labute approximate surface area is 164 Å². The first kappa shape index (κ1) is 18.3. The van der Waals surface area contributed by atoms with Gasteiger partial charge >= 0.3 is 0 Å².